The van der Waals surface area contributed by atoms with E-state index in [4.69, 9.17) is 4.74 Å². The van der Waals surface area contributed by atoms with Crippen LogP contribution in [-0.2, 0) is 11.3 Å². The maximum absolute atomic E-state index is 12.2. The number of carbonyl (C=O) groups is 1. The largest absolute Gasteiger partial charge is 0.444 e. The average molecular weight is 482 g/mol. The Bertz CT molecular complexity index is 515. The summed E-state index contributed by atoms with van der Waals surface area (Å²) in [5.74, 6) is 0.726. The Labute approximate surface area is 172 Å². The highest BCUT2D eigenvalue weighted by Gasteiger charge is 2.21. The minimum absolute atomic E-state index is 0. The second-order valence-electron chi connectivity index (χ2n) is 6.40. The van der Waals surface area contributed by atoms with Crippen LogP contribution < -0.4 is 10.6 Å². The highest BCUT2D eigenvalue weighted by Crippen LogP contribution is 2.10. The van der Waals surface area contributed by atoms with Gasteiger partial charge in [-0.05, 0) is 38.6 Å². The zero-order chi connectivity index (χ0) is 18.0. The molecule has 1 aromatic rings. The summed E-state index contributed by atoms with van der Waals surface area (Å²) in [6, 6.07) is 4.11. The lowest BCUT2D eigenvalue weighted by Gasteiger charge is -2.27. The first-order valence-electron chi connectivity index (χ1n) is 8.30. The molecule has 0 aliphatic rings. The number of aliphatic imine (C=N–C) groups is 1. The van der Waals surface area contributed by atoms with Crippen LogP contribution in [0.25, 0.3) is 0 Å². The van der Waals surface area contributed by atoms with Gasteiger partial charge in [0.1, 0.15) is 5.60 Å². The minimum atomic E-state index is -0.477. The molecule has 0 aliphatic carbocycles. The van der Waals surface area contributed by atoms with Crippen LogP contribution in [-0.4, -0.2) is 49.2 Å². The molecule has 1 amide bonds. The fourth-order valence-corrected chi connectivity index (χ4v) is 2.65. The van der Waals surface area contributed by atoms with Crippen LogP contribution in [0.1, 0.15) is 39.0 Å². The van der Waals surface area contributed by atoms with Gasteiger partial charge in [0.25, 0.3) is 0 Å². The molecule has 0 atom stereocenters. The Hall–Kier alpha value is -1.03. The maximum Gasteiger partial charge on any atom is 0.410 e. The van der Waals surface area contributed by atoms with Gasteiger partial charge in [-0.3, -0.25) is 4.99 Å². The predicted octanol–water partition coefficient (Wildman–Crippen LogP) is 3.68. The Kier molecular flexibility index (Phi) is 11.8. The van der Waals surface area contributed by atoms with Gasteiger partial charge in [0.05, 0.1) is 6.54 Å². The van der Waals surface area contributed by atoms with Crippen molar-refractivity contribution >= 4 is 47.4 Å². The molecular formula is C17H31IN4O2S. The van der Waals surface area contributed by atoms with Gasteiger partial charge in [-0.15, -0.1) is 35.3 Å². The summed E-state index contributed by atoms with van der Waals surface area (Å²) < 4.78 is 5.45. The molecule has 0 aromatic carbocycles. The molecule has 0 spiro atoms. The van der Waals surface area contributed by atoms with Crippen LogP contribution in [0.15, 0.2) is 22.5 Å². The zero-order valence-electron chi connectivity index (χ0n) is 15.8. The van der Waals surface area contributed by atoms with Crippen LogP contribution in [0.3, 0.4) is 0 Å². The molecule has 1 heterocycles. The third-order valence-corrected chi connectivity index (χ3v) is 3.93. The van der Waals surface area contributed by atoms with Gasteiger partial charge in [0.15, 0.2) is 5.96 Å². The lowest BCUT2D eigenvalue weighted by atomic mass is 10.2. The normalized spacial score (nSPS) is 11.5. The summed E-state index contributed by atoms with van der Waals surface area (Å²) in [6.45, 7) is 10.3. The van der Waals surface area contributed by atoms with Crippen molar-refractivity contribution in [2.75, 3.05) is 26.7 Å². The number of hydrogen-bond donors (Lipinski definition) is 2. The van der Waals surface area contributed by atoms with Crippen LogP contribution in [0.4, 0.5) is 4.79 Å². The van der Waals surface area contributed by atoms with Crippen molar-refractivity contribution in [3.63, 3.8) is 0 Å². The van der Waals surface area contributed by atoms with Crippen molar-refractivity contribution in [1.29, 1.82) is 0 Å². The van der Waals surface area contributed by atoms with Crippen molar-refractivity contribution in [3.8, 4) is 0 Å². The molecule has 0 fully saturated rings. The molecule has 0 bridgehead atoms. The van der Waals surface area contributed by atoms with E-state index in [0.717, 1.165) is 18.9 Å². The standard InChI is InChI=1S/C17H30N4O2S.HI/c1-6-10-21(16(22)23-17(2,3)4)11-9-19-15(18-5)20-13-14-8-7-12-24-14;/h7-8,12H,6,9-11,13H2,1-5H3,(H2,18,19,20);1H. The van der Waals surface area contributed by atoms with Gasteiger partial charge < -0.3 is 20.3 Å². The molecule has 0 saturated carbocycles. The Morgan fingerprint density at radius 2 is 2.04 bits per heavy atom. The molecule has 144 valence electrons. The number of amides is 1. The predicted molar refractivity (Wildman–Crippen MR) is 116 cm³/mol. The lowest BCUT2D eigenvalue weighted by molar-refractivity contribution is 0.0253. The Morgan fingerprint density at radius 3 is 2.56 bits per heavy atom. The van der Waals surface area contributed by atoms with Crippen LogP contribution >= 0.6 is 35.3 Å². The first kappa shape index (κ1) is 24.0. The molecule has 0 saturated heterocycles. The van der Waals surface area contributed by atoms with Crippen molar-refractivity contribution in [3.05, 3.63) is 22.4 Å². The zero-order valence-corrected chi connectivity index (χ0v) is 18.9. The second-order valence-corrected chi connectivity index (χ2v) is 7.43. The van der Waals surface area contributed by atoms with E-state index in [9.17, 15) is 4.79 Å². The van der Waals surface area contributed by atoms with Gasteiger partial charge in [0.2, 0.25) is 0 Å². The van der Waals surface area contributed by atoms with E-state index >= 15 is 0 Å². The molecule has 0 aliphatic heterocycles. The number of nitrogens with one attached hydrogen (secondary N) is 2. The second kappa shape index (κ2) is 12.3. The van der Waals surface area contributed by atoms with E-state index in [1.54, 1.807) is 23.3 Å². The van der Waals surface area contributed by atoms with E-state index < -0.39 is 5.60 Å². The molecule has 0 unspecified atom stereocenters. The first-order valence-corrected chi connectivity index (χ1v) is 9.18. The number of thiophene rings is 1. The topological polar surface area (TPSA) is 66.0 Å². The highest BCUT2D eigenvalue weighted by atomic mass is 127. The summed E-state index contributed by atoms with van der Waals surface area (Å²) in [4.78, 5) is 19.4. The van der Waals surface area contributed by atoms with Crippen molar-refractivity contribution in [1.82, 2.24) is 15.5 Å². The molecular weight excluding hydrogens is 451 g/mol. The Balaban J connectivity index is 0.00000576. The van der Waals surface area contributed by atoms with Gasteiger partial charge in [-0.25, -0.2) is 4.79 Å². The van der Waals surface area contributed by atoms with E-state index in [0.29, 0.717) is 19.6 Å². The quantitative estimate of drug-likeness (QED) is 0.354. The van der Waals surface area contributed by atoms with E-state index in [2.05, 4.69) is 27.1 Å². The fraction of sp³-hybridized carbons (Fsp3) is 0.647. The SMILES string of the molecule is CCCN(CCNC(=NC)NCc1cccs1)C(=O)OC(C)(C)C.I. The van der Waals surface area contributed by atoms with E-state index in [1.807, 2.05) is 33.8 Å². The number of nitrogens with zero attached hydrogens (tertiary/aromatic N) is 2. The molecule has 8 heteroatoms. The molecule has 0 radical (unpaired) electrons. The number of rotatable bonds is 7. The summed E-state index contributed by atoms with van der Waals surface area (Å²) in [5.41, 5.74) is -0.477. The maximum atomic E-state index is 12.2. The number of hydrogen-bond acceptors (Lipinski definition) is 4. The summed E-state index contributed by atoms with van der Waals surface area (Å²) in [7, 11) is 1.74. The number of halogens is 1. The Morgan fingerprint density at radius 1 is 1.32 bits per heavy atom. The molecule has 1 aromatic heterocycles. The van der Waals surface area contributed by atoms with Gasteiger partial charge >= 0.3 is 6.09 Å². The van der Waals surface area contributed by atoms with E-state index in [-0.39, 0.29) is 30.1 Å². The van der Waals surface area contributed by atoms with E-state index in [1.165, 1.54) is 4.88 Å². The average Bonchev–Trinajstić information content (AvgIpc) is 3.01. The van der Waals surface area contributed by atoms with Crippen molar-refractivity contribution in [2.24, 2.45) is 4.99 Å². The molecule has 1 rings (SSSR count). The van der Waals surface area contributed by atoms with Gasteiger partial charge in [-0.1, -0.05) is 13.0 Å². The summed E-state index contributed by atoms with van der Waals surface area (Å²) in [6.07, 6.45) is 0.623. The van der Waals surface area contributed by atoms with Crippen LogP contribution in [0.5, 0.6) is 0 Å². The lowest BCUT2D eigenvalue weighted by Crippen LogP contribution is -2.44. The number of carbonyl (C=O) groups excluding carboxylic acids is 1. The first-order chi connectivity index (χ1) is 11.4. The van der Waals surface area contributed by atoms with Crippen LogP contribution in [0, 0.1) is 0 Å². The fourth-order valence-electron chi connectivity index (χ4n) is 2.00. The van der Waals surface area contributed by atoms with Crippen molar-refractivity contribution < 1.29 is 9.53 Å². The van der Waals surface area contributed by atoms with Crippen LogP contribution in [0.2, 0.25) is 0 Å². The highest BCUT2D eigenvalue weighted by molar-refractivity contribution is 14.0. The van der Waals surface area contributed by atoms with Gasteiger partial charge in [0, 0.05) is 31.6 Å². The third-order valence-electron chi connectivity index (χ3n) is 3.05. The minimum Gasteiger partial charge on any atom is -0.444 e. The third kappa shape index (κ3) is 10.5. The smallest absolute Gasteiger partial charge is 0.410 e. The molecule has 2 N–H and O–H groups in total. The number of guanidine groups is 1. The molecule has 6 nitrogen and oxygen atoms in total. The summed E-state index contributed by atoms with van der Waals surface area (Å²) >= 11 is 1.71. The van der Waals surface area contributed by atoms with Gasteiger partial charge in [-0.2, -0.15) is 0 Å². The monoisotopic (exact) mass is 482 g/mol. The molecule has 25 heavy (non-hydrogen) atoms. The summed E-state index contributed by atoms with van der Waals surface area (Å²) in [5, 5.41) is 8.54. The van der Waals surface area contributed by atoms with Crippen molar-refractivity contribution in [2.45, 2.75) is 46.3 Å². The number of ether oxygens (including phenoxy) is 1.